The summed E-state index contributed by atoms with van der Waals surface area (Å²) < 4.78 is 0. The molecule has 2 aromatic rings. The summed E-state index contributed by atoms with van der Waals surface area (Å²) in [5.41, 5.74) is 3.69. The minimum absolute atomic E-state index is 0.0721. The highest BCUT2D eigenvalue weighted by Gasteiger charge is 2.10. The van der Waals surface area contributed by atoms with Gasteiger partial charge in [-0.2, -0.15) is 0 Å². The summed E-state index contributed by atoms with van der Waals surface area (Å²) in [6.07, 6.45) is 1.39. The molecule has 0 radical (unpaired) electrons. The molecule has 0 unspecified atom stereocenters. The standard InChI is InChI=1S/C16H20N4O/c1-10(2)19-16(21)14-8-15(18-9-17-14)20-13-7-5-6-11(3)12(13)4/h5-10H,1-4H3,(H,19,21)(H,17,18,20). The Balaban J connectivity index is 2.22. The van der Waals surface area contributed by atoms with E-state index in [0.717, 1.165) is 11.3 Å². The zero-order valence-corrected chi connectivity index (χ0v) is 12.8. The van der Waals surface area contributed by atoms with Crippen LogP contribution in [0.5, 0.6) is 0 Å². The van der Waals surface area contributed by atoms with Gasteiger partial charge in [-0.15, -0.1) is 0 Å². The van der Waals surface area contributed by atoms with Crippen molar-refractivity contribution in [2.24, 2.45) is 0 Å². The van der Waals surface area contributed by atoms with Gasteiger partial charge >= 0.3 is 0 Å². The number of carbonyl (C=O) groups excluding carboxylic acids is 1. The van der Waals surface area contributed by atoms with E-state index in [4.69, 9.17) is 0 Å². The van der Waals surface area contributed by atoms with E-state index >= 15 is 0 Å². The molecule has 2 N–H and O–H groups in total. The second-order valence-corrected chi connectivity index (χ2v) is 5.29. The quantitative estimate of drug-likeness (QED) is 0.905. The lowest BCUT2D eigenvalue weighted by molar-refractivity contribution is 0.0938. The number of amides is 1. The monoisotopic (exact) mass is 284 g/mol. The van der Waals surface area contributed by atoms with Crippen LogP contribution in [0.2, 0.25) is 0 Å². The van der Waals surface area contributed by atoms with Crippen molar-refractivity contribution >= 4 is 17.4 Å². The molecule has 1 amide bonds. The van der Waals surface area contributed by atoms with Crippen LogP contribution < -0.4 is 10.6 Å². The van der Waals surface area contributed by atoms with Gasteiger partial charge in [0.15, 0.2) is 0 Å². The number of aromatic nitrogens is 2. The van der Waals surface area contributed by atoms with Crippen LogP contribution in [-0.2, 0) is 0 Å². The number of rotatable bonds is 4. The summed E-state index contributed by atoms with van der Waals surface area (Å²) in [6, 6.07) is 7.75. The van der Waals surface area contributed by atoms with Gasteiger partial charge < -0.3 is 10.6 Å². The Kier molecular flexibility index (Phi) is 4.52. The molecule has 0 saturated carbocycles. The lowest BCUT2D eigenvalue weighted by Crippen LogP contribution is -2.30. The van der Waals surface area contributed by atoms with Gasteiger partial charge in [0.2, 0.25) is 0 Å². The predicted molar refractivity (Wildman–Crippen MR) is 83.8 cm³/mol. The first-order valence-electron chi connectivity index (χ1n) is 6.93. The number of hydrogen-bond donors (Lipinski definition) is 2. The molecule has 110 valence electrons. The number of hydrogen-bond acceptors (Lipinski definition) is 4. The summed E-state index contributed by atoms with van der Waals surface area (Å²) >= 11 is 0. The van der Waals surface area contributed by atoms with Crippen LogP contribution in [0, 0.1) is 13.8 Å². The maximum Gasteiger partial charge on any atom is 0.270 e. The second kappa shape index (κ2) is 6.35. The third-order valence-electron chi connectivity index (χ3n) is 3.19. The molecule has 0 saturated heterocycles. The van der Waals surface area contributed by atoms with Gasteiger partial charge in [0.05, 0.1) is 0 Å². The molecule has 2 rings (SSSR count). The van der Waals surface area contributed by atoms with Crippen LogP contribution in [0.3, 0.4) is 0 Å². The highest BCUT2D eigenvalue weighted by Crippen LogP contribution is 2.21. The Bertz CT molecular complexity index is 652. The average Bonchev–Trinajstić information content (AvgIpc) is 2.43. The first kappa shape index (κ1) is 15.0. The van der Waals surface area contributed by atoms with Crippen molar-refractivity contribution in [3.05, 3.63) is 47.4 Å². The fraction of sp³-hybridized carbons (Fsp3) is 0.312. The SMILES string of the molecule is Cc1cccc(Nc2cc(C(=O)NC(C)C)ncn2)c1C. The first-order valence-corrected chi connectivity index (χ1v) is 6.93. The zero-order chi connectivity index (χ0) is 15.4. The topological polar surface area (TPSA) is 66.9 Å². The number of anilines is 2. The Morgan fingerprint density at radius 1 is 1.19 bits per heavy atom. The summed E-state index contributed by atoms with van der Waals surface area (Å²) in [7, 11) is 0. The summed E-state index contributed by atoms with van der Waals surface area (Å²) in [4.78, 5) is 20.1. The summed E-state index contributed by atoms with van der Waals surface area (Å²) in [5, 5.41) is 6.04. The van der Waals surface area contributed by atoms with Crippen LogP contribution in [0.25, 0.3) is 0 Å². The molecular weight excluding hydrogens is 264 g/mol. The lowest BCUT2D eigenvalue weighted by atomic mass is 10.1. The van der Waals surface area contributed by atoms with E-state index in [1.807, 2.05) is 32.9 Å². The maximum absolute atomic E-state index is 12.0. The smallest absolute Gasteiger partial charge is 0.270 e. The van der Waals surface area contributed by atoms with Crippen molar-refractivity contribution in [3.63, 3.8) is 0 Å². The fourth-order valence-electron chi connectivity index (χ4n) is 1.91. The Hall–Kier alpha value is -2.43. The second-order valence-electron chi connectivity index (χ2n) is 5.29. The van der Waals surface area contributed by atoms with Gasteiger partial charge in [0, 0.05) is 17.8 Å². The molecule has 1 aromatic carbocycles. The van der Waals surface area contributed by atoms with Crippen LogP contribution in [-0.4, -0.2) is 21.9 Å². The molecule has 0 aliphatic carbocycles. The Morgan fingerprint density at radius 3 is 2.67 bits per heavy atom. The number of carbonyl (C=O) groups is 1. The number of aryl methyl sites for hydroxylation is 1. The summed E-state index contributed by atoms with van der Waals surface area (Å²) in [6.45, 7) is 7.93. The third-order valence-corrected chi connectivity index (χ3v) is 3.19. The third kappa shape index (κ3) is 3.78. The van der Waals surface area contributed by atoms with E-state index in [2.05, 4.69) is 33.6 Å². The van der Waals surface area contributed by atoms with E-state index in [9.17, 15) is 4.79 Å². The van der Waals surface area contributed by atoms with Gasteiger partial charge in [-0.3, -0.25) is 4.79 Å². The molecule has 5 heteroatoms. The minimum atomic E-state index is -0.198. The Morgan fingerprint density at radius 2 is 1.95 bits per heavy atom. The summed E-state index contributed by atoms with van der Waals surface area (Å²) in [5.74, 6) is 0.407. The van der Waals surface area contributed by atoms with E-state index in [0.29, 0.717) is 11.5 Å². The van der Waals surface area contributed by atoms with Crippen LogP contribution in [0.1, 0.15) is 35.5 Å². The predicted octanol–water partition coefficient (Wildman–Crippen LogP) is 2.98. The van der Waals surface area contributed by atoms with E-state index < -0.39 is 0 Å². The van der Waals surface area contributed by atoms with Gasteiger partial charge in [0.1, 0.15) is 17.8 Å². The van der Waals surface area contributed by atoms with Gasteiger partial charge in [-0.05, 0) is 44.9 Å². The number of nitrogens with one attached hydrogen (secondary N) is 2. The maximum atomic E-state index is 12.0. The highest BCUT2D eigenvalue weighted by atomic mass is 16.1. The van der Waals surface area contributed by atoms with Gasteiger partial charge in [-0.1, -0.05) is 12.1 Å². The van der Waals surface area contributed by atoms with Crippen molar-refractivity contribution in [1.82, 2.24) is 15.3 Å². The highest BCUT2D eigenvalue weighted by molar-refractivity contribution is 5.93. The molecular formula is C16H20N4O. The van der Waals surface area contributed by atoms with Crippen molar-refractivity contribution in [2.45, 2.75) is 33.7 Å². The minimum Gasteiger partial charge on any atom is -0.349 e. The zero-order valence-electron chi connectivity index (χ0n) is 12.8. The van der Waals surface area contributed by atoms with E-state index in [-0.39, 0.29) is 11.9 Å². The molecule has 21 heavy (non-hydrogen) atoms. The van der Waals surface area contributed by atoms with Crippen molar-refractivity contribution < 1.29 is 4.79 Å². The van der Waals surface area contributed by atoms with Crippen molar-refractivity contribution in [2.75, 3.05) is 5.32 Å². The number of benzene rings is 1. The molecule has 0 spiro atoms. The molecule has 0 bridgehead atoms. The lowest BCUT2D eigenvalue weighted by Gasteiger charge is -2.12. The van der Waals surface area contributed by atoms with Gasteiger partial charge in [-0.25, -0.2) is 9.97 Å². The molecule has 0 atom stereocenters. The largest absolute Gasteiger partial charge is 0.349 e. The molecule has 1 heterocycles. The van der Waals surface area contributed by atoms with E-state index in [1.165, 1.54) is 11.9 Å². The van der Waals surface area contributed by atoms with Gasteiger partial charge in [0.25, 0.3) is 5.91 Å². The molecule has 0 aliphatic rings. The fourth-order valence-corrected chi connectivity index (χ4v) is 1.91. The van der Waals surface area contributed by atoms with E-state index in [1.54, 1.807) is 6.07 Å². The van der Waals surface area contributed by atoms with Crippen LogP contribution >= 0.6 is 0 Å². The normalized spacial score (nSPS) is 10.5. The van der Waals surface area contributed by atoms with Crippen LogP contribution in [0.4, 0.5) is 11.5 Å². The molecule has 0 fully saturated rings. The molecule has 5 nitrogen and oxygen atoms in total. The average molecular weight is 284 g/mol. The molecule has 0 aliphatic heterocycles. The Labute approximate surface area is 124 Å². The van der Waals surface area contributed by atoms with Crippen molar-refractivity contribution in [3.8, 4) is 0 Å². The van der Waals surface area contributed by atoms with Crippen LogP contribution in [0.15, 0.2) is 30.6 Å². The molecule has 1 aromatic heterocycles. The van der Waals surface area contributed by atoms with Crippen molar-refractivity contribution in [1.29, 1.82) is 0 Å². The first-order chi connectivity index (χ1) is 9.97. The number of nitrogens with zero attached hydrogens (tertiary/aromatic N) is 2.